The third kappa shape index (κ3) is 3.03. The molecule has 3 heteroatoms. The summed E-state index contributed by atoms with van der Waals surface area (Å²) >= 11 is 0. The van der Waals surface area contributed by atoms with Gasteiger partial charge in [-0.2, -0.15) is 0 Å². The van der Waals surface area contributed by atoms with Crippen LogP contribution in [-0.4, -0.2) is 26.4 Å². The fourth-order valence-corrected chi connectivity index (χ4v) is 2.44. The van der Waals surface area contributed by atoms with Crippen molar-refractivity contribution in [2.45, 2.75) is 38.8 Å². The van der Waals surface area contributed by atoms with E-state index in [0.717, 1.165) is 31.7 Å². The highest BCUT2D eigenvalue weighted by atomic mass is 16.5. The van der Waals surface area contributed by atoms with Crippen molar-refractivity contribution in [3.05, 3.63) is 29.3 Å². The minimum absolute atomic E-state index is 0.263. The third-order valence-electron chi connectivity index (χ3n) is 3.54. The first-order valence-electron chi connectivity index (χ1n) is 6.76. The van der Waals surface area contributed by atoms with E-state index in [4.69, 9.17) is 9.47 Å². The largest absolute Gasteiger partial charge is 0.493 e. The van der Waals surface area contributed by atoms with Crippen molar-refractivity contribution in [3.63, 3.8) is 0 Å². The average molecular weight is 249 g/mol. The van der Waals surface area contributed by atoms with Crippen LogP contribution in [0.3, 0.4) is 0 Å². The van der Waals surface area contributed by atoms with Gasteiger partial charge in [-0.05, 0) is 37.1 Å². The van der Waals surface area contributed by atoms with Crippen molar-refractivity contribution < 1.29 is 9.47 Å². The molecule has 100 valence electrons. The van der Waals surface area contributed by atoms with E-state index in [1.165, 1.54) is 11.1 Å². The van der Waals surface area contributed by atoms with Crippen LogP contribution in [0.25, 0.3) is 0 Å². The van der Waals surface area contributed by atoms with Crippen LogP contribution in [0.4, 0.5) is 0 Å². The molecule has 1 N–H and O–H groups in total. The fourth-order valence-electron chi connectivity index (χ4n) is 2.44. The third-order valence-corrected chi connectivity index (χ3v) is 3.54. The van der Waals surface area contributed by atoms with Gasteiger partial charge in [-0.3, -0.25) is 0 Å². The fraction of sp³-hybridized carbons (Fsp3) is 0.600. The number of hydrogen-bond acceptors (Lipinski definition) is 3. The molecule has 0 spiro atoms. The summed E-state index contributed by atoms with van der Waals surface area (Å²) in [5.74, 6) is 1.05. The topological polar surface area (TPSA) is 30.5 Å². The number of ether oxygens (including phenoxy) is 2. The Morgan fingerprint density at radius 3 is 3.00 bits per heavy atom. The Bertz CT molecular complexity index is 392. The number of benzene rings is 1. The van der Waals surface area contributed by atoms with Gasteiger partial charge in [-0.25, -0.2) is 0 Å². The van der Waals surface area contributed by atoms with E-state index in [9.17, 15) is 0 Å². The maximum absolute atomic E-state index is 5.55. The normalized spacial score (nSPS) is 17.1. The molecule has 1 aliphatic heterocycles. The average Bonchev–Trinajstić information content (AvgIpc) is 2.85. The molecule has 0 amide bonds. The number of rotatable bonds is 6. The van der Waals surface area contributed by atoms with Crippen molar-refractivity contribution in [2.24, 2.45) is 0 Å². The smallest absolute Gasteiger partial charge is 0.122 e. The van der Waals surface area contributed by atoms with Gasteiger partial charge in [0.1, 0.15) is 5.75 Å². The van der Waals surface area contributed by atoms with E-state index in [-0.39, 0.29) is 6.10 Å². The van der Waals surface area contributed by atoms with Crippen LogP contribution in [0.5, 0.6) is 5.75 Å². The van der Waals surface area contributed by atoms with Gasteiger partial charge >= 0.3 is 0 Å². The van der Waals surface area contributed by atoms with Gasteiger partial charge in [-0.1, -0.05) is 19.1 Å². The van der Waals surface area contributed by atoms with E-state index in [2.05, 4.69) is 37.4 Å². The van der Waals surface area contributed by atoms with Gasteiger partial charge in [0.05, 0.1) is 12.7 Å². The Balaban J connectivity index is 2.14. The first-order chi connectivity index (χ1) is 8.74. The minimum atomic E-state index is 0.263. The Morgan fingerprint density at radius 2 is 2.28 bits per heavy atom. The van der Waals surface area contributed by atoms with E-state index >= 15 is 0 Å². The van der Waals surface area contributed by atoms with Gasteiger partial charge in [0.2, 0.25) is 0 Å². The highest BCUT2D eigenvalue weighted by Gasteiger charge is 2.18. The second kappa shape index (κ2) is 6.21. The molecule has 0 fully saturated rings. The van der Waals surface area contributed by atoms with Crippen LogP contribution in [0.1, 0.15) is 37.4 Å². The number of nitrogens with one attached hydrogen (secondary N) is 1. The van der Waals surface area contributed by atoms with E-state index in [1.807, 2.05) is 0 Å². The highest BCUT2D eigenvalue weighted by molar-refractivity contribution is 5.40. The van der Waals surface area contributed by atoms with Crippen molar-refractivity contribution >= 4 is 0 Å². The molecule has 2 atom stereocenters. The lowest BCUT2D eigenvalue weighted by molar-refractivity contribution is 0.101. The van der Waals surface area contributed by atoms with Crippen LogP contribution in [-0.2, 0) is 11.2 Å². The predicted octanol–water partition coefficient (Wildman–Crippen LogP) is 2.70. The summed E-state index contributed by atoms with van der Waals surface area (Å²) in [4.78, 5) is 0. The quantitative estimate of drug-likeness (QED) is 0.841. The van der Waals surface area contributed by atoms with E-state index in [1.54, 1.807) is 7.11 Å². The maximum Gasteiger partial charge on any atom is 0.122 e. The van der Waals surface area contributed by atoms with E-state index < -0.39 is 0 Å². The molecular weight excluding hydrogens is 226 g/mol. The monoisotopic (exact) mass is 249 g/mol. The first kappa shape index (κ1) is 13.4. The molecule has 0 aromatic heterocycles. The van der Waals surface area contributed by atoms with Crippen LogP contribution in [0, 0.1) is 0 Å². The lowest BCUT2D eigenvalue weighted by Crippen LogP contribution is -2.25. The summed E-state index contributed by atoms with van der Waals surface area (Å²) < 4.78 is 10.9. The second-order valence-electron chi connectivity index (χ2n) is 4.86. The Labute approximate surface area is 109 Å². The zero-order valence-electron chi connectivity index (χ0n) is 11.5. The molecule has 0 saturated heterocycles. The van der Waals surface area contributed by atoms with Gasteiger partial charge in [0, 0.05) is 19.6 Å². The molecule has 1 aromatic rings. The predicted molar refractivity (Wildman–Crippen MR) is 73.1 cm³/mol. The summed E-state index contributed by atoms with van der Waals surface area (Å²) in [5, 5.41) is 3.53. The van der Waals surface area contributed by atoms with Crippen molar-refractivity contribution in [1.29, 1.82) is 0 Å². The molecule has 2 rings (SSSR count). The van der Waals surface area contributed by atoms with Crippen molar-refractivity contribution in [3.8, 4) is 5.75 Å². The number of fused-ring (bicyclic) bond motifs is 1. The first-order valence-corrected chi connectivity index (χ1v) is 6.76. The lowest BCUT2D eigenvalue weighted by Gasteiger charge is -2.22. The zero-order chi connectivity index (χ0) is 13.0. The van der Waals surface area contributed by atoms with Crippen LogP contribution < -0.4 is 10.1 Å². The standard InChI is InChI=1S/C15H23NO2/c1-4-16-14(9-11(2)17-3)12-5-6-15-13(10-12)7-8-18-15/h5-6,10-11,14,16H,4,7-9H2,1-3H3. The SMILES string of the molecule is CCNC(CC(C)OC)c1ccc2c(c1)CCO2. The van der Waals surface area contributed by atoms with Crippen LogP contribution in [0.15, 0.2) is 18.2 Å². The summed E-state index contributed by atoms with van der Waals surface area (Å²) in [6.07, 6.45) is 2.28. The van der Waals surface area contributed by atoms with Gasteiger partial charge in [-0.15, -0.1) is 0 Å². The summed E-state index contributed by atoms with van der Waals surface area (Å²) in [6, 6.07) is 6.90. The summed E-state index contributed by atoms with van der Waals surface area (Å²) in [5.41, 5.74) is 2.67. The molecule has 0 radical (unpaired) electrons. The second-order valence-corrected chi connectivity index (χ2v) is 4.86. The minimum Gasteiger partial charge on any atom is -0.493 e. The number of hydrogen-bond donors (Lipinski definition) is 1. The Hall–Kier alpha value is -1.06. The van der Waals surface area contributed by atoms with E-state index in [0.29, 0.717) is 6.04 Å². The maximum atomic E-state index is 5.55. The molecule has 0 saturated carbocycles. The molecule has 3 nitrogen and oxygen atoms in total. The molecule has 1 heterocycles. The molecule has 1 aromatic carbocycles. The molecular formula is C15H23NO2. The summed E-state index contributed by atoms with van der Waals surface area (Å²) in [7, 11) is 1.77. The molecule has 2 unspecified atom stereocenters. The Kier molecular flexibility index (Phi) is 4.61. The molecule has 0 bridgehead atoms. The van der Waals surface area contributed by atoms with Crippen LogP contribution >= 0.6 is 0 Å². The molecule has 1 aliphatic rings. The number of methoxy groups -OCH3 is 1. The lowest BCUT2D eigenvalue weighted by atomic mass is 9.98. The zero-order valence-corrected chi connectivity index (χ0v) is 11.5. The summed E-state index contributed by atoms with van der Waals surface area (Å²) in [6.45, 7) is 6.04. The van der Waals surface area contributed by atoms with Crippen LogP contribution in [0.2, 0.25) is 0 Å². The van der Waals surface area contributed by atoms with Crippen molar-refractivity contribution in [1.82, 2.24) is 5.32 Å². The van der Waals surface area contributed by atoms with Gasteiger partial charge in [0.15, 0.2) is 0 Å². The van der Waals surface area contributed by atoms with Gasteiger partial charge < -0.3 is 14.8 Å². The highest BCUT2D eigenvalue weighted by Crippen LogP contribution is 2.29. The Morgan fingerprint density at radius 1 is 1.44 bits per heavy atom. The molecule has 0 aliphatic carbocycles. The van der Waals surface area contributed by atoms with Crippen molar-refractivity contribution in [2.75, 3.05) is 20.3 Å². The van der Waals surface area contributed by atoms with Gasteiger partial charge in [0.25, 0.3) is 0 Å². The molecule has 18 heavy (non-hydrogen) atoms.